The molecule has 1 aromatic heterocycles. The largest absolute Gasteiger partial charge is 0.399 e. The molecule has 0 spiro atoms. The number of anilines is 1. The number of nitrogens with two attached hydrogens (primary N) is 1. The van der Waals surface area contributed by atoms with Gasteiger partial charge in [-0.1, -0.05) is 31.9 Å². The third-order valence-corrected chi connectivity index (χ3v) is 4.69. The lowest BCUT2D eigenvalue weighted by Gasteiger charge is -2.09. The molecule has 0 amide bonds. The number of benzene rings is 2. The van der Waals surface area contributed by atoms with Crippen molar-refractivity contribution in [3.63, 3.8) is 0 Å². The number of hydrogen-bond acceptors (Lipinski definition) is 2. The zero-order valence-corrected chi connectivity index (χ0v) is 14.4. The molecular weight excluding hydrogens is 394 g/mol. The maximum atomic E-state index is 5.98. The van der Waals surface area contributed by atoms with Gasteiger partial charge in [0, 0.05) is 26.2 Å². The topological polar surface area (TPSA) is 43.8 Å². The van der Waals surface area contributed by atoms with Gasteiger partial charge in [0.2, 0.25) is 0 Å². The minimum atomic E-state index is 0.561. The van der Waals surface area contributed by atoms with Crippen molar-refractivity contribution in [3.8, 4) is 11.4 Å². The van der Waals surface area contributed by atoms with Gasteiger partial charge in [0.15, 0.2) is 0 Å². The predicted molar refractivity (Wildman–Crippen MR) is 93.3 cm³/mol. The van der Waals surface area contributed by atoms with Crippen molar-refractivity contribution in [1.29, 1.82) is 0 Å². The highest BCUT2D eigenvalue weighted by atomic mass is 79.9. The summed E-state index contributed by atoms with van der Waals surface area (Å²) in [5, 5.41) is 0. The van der Waals surface area contributed by atoms with Gasteiger partial charge in [-0.2, -0.15) is 0 Å². The van der Waals surface area contributed by atoms with E-state index in [9.17, 15) is 0 Å². The molecule has 1 heterocycles. The first-order valence-corrected chi connectivity index (χ1v) is 8.44. The van der Waals surface area contributed by atoms with E-state index in [0.29, 0.717) is 6.04 Å². The smallest absolute Gasteiger partial charge is 0.141 e. The Morgan fingerprint density at radius 1 is 1.05 bits per heavy atom. The molecule has 2 aromatic carbocycles. The van der Waals surface area contributed by atoms with Crippen LogP contribution in [0.4, 0.5) is 5.69 Å². The van der Waals surface area contributed by atoms with Crippen LogP contribution < -0.4 is 5.73 Å². The second kappa shape index (κ2) is 4.85. The van der Waals surface area contributed by atoms with Crippen LogP contribution in [0.3, 0.4) is 0 Å². The van der Waals surface area contributed by atoms with Crippen LogP contribution >= 0.6 is 31.9 Å². The van der Waals surface area contributed by atoms with Crippen LogP contribution in [0.15, 0.2) is 45.3 Å². The molecule has 4 rings (SSSR count). The fourth-order valence-electron chi connectivity index (χ4n) is 2.72. The molecule has 0 radical (unpaired) electrons. The minimum absolute atomic E-state index is 0.561. The molecule has 21 heavy (non-hydrogen) atoms. The number of halogens is 2. The van der Waals surface area contributed by atoms with Crippen molar-refractivity contribution in [2.45, 2.75) is 18.9 Å². The van der Waals surface area contributed by atoms with Crippen LogP contribution in [0.5, 0.6) is 0 Å². The summed E-state index contributed by atoms with van der Waals surface area (Å²) in [5.41, 5.74) is 9.99. The lowest BCUT2D eigenvalue weighted by Crippen LogP contribution is -1.98. The Morgan fingerprint density at radius 2 is 1.86 bits per heavy atom. The van der Waals surface area contributed by atoms with Crippen molar-refractivity contribution < 1.29 is 0 Å². The summed E-state index contributed by atoms with van der Waals surface area (Å²) in [7, 11) is 0. The second-order valence-corrected chi connectivity index (χ2v) is 7.27. The third-order valence-electron chi connectivity index (χ3n) is 3.74. The van der Waals surface area contributed by atoms with E-state index in [4.69, 9.17) is 10.7 Å². The second-order valence-electron chi connectivity index (χ2n) is 5.44. The summed E-state index contributed by atoms with van der Waals surface area (Å²) < 4.78 is 4.38. The van der Waals surface area contributed by atoms with Gasteiger partial charge in [0.05, 0.1) is 11.0 Å². The molecule has 1 saturated carbocycles. The van der Waals surface area contributed by atoms with Gasteiger partial charge < -0.3 is 10.3 Å². The third kappa shape index (κ3) is 2.38. The van der Waals surface area contributed by atoms with Gasteiger partial charge >= 0.3 is 0 Å². The van der Waals surface area contributed by atoms with Crippen LogP contribution in [0.1, 0.15) is 18.9 Å². The molecule has 106 valence electrons. The Bertz CT molecular complexity index is 830. The molecule has 2 N–H and O–H groups in total. The zero-order chi connectivity index (χ0) is 14.6. The van der Waals surface area contributed by atoms with Crippen molar-refractivity contribution in [3.05, 3.63) is 45.3 Å². The van der Waals surface area contributed by atoms with Crippen LogP contribution in [0.2, 0.25) is 0 Å². The highest BCUT2D eigenvalue weighted by molar-refractivity contribution is 9.10. The Morgan fingerprint density at radius 3 is 2.57 bits per heavy atom. The first-order valence-electron chi connectivity index (χ1n) is 6.86. The van der Waals surface area contributed by atoms with E-state index in [1.165, 1.54) is 18.4 Å². The van der Waals surface area contributed by atoms with Crippen molar-refractivity contribution in [2.75, 3.05) is 5.73 Å². The SMILES string of the molecule is Nc1cc(Br)cc(-c2nc3cc(Br)ccc3n2C2CC2)c1. The number of hydrogen-bond donors (Lipinski definition) is 1. The van der Waals surface area contributed by atoms with Crippen LogP contribution in [0.25, 0.3) is 22.4 Å². The molecule has 0 atom stereocenters. The van der Waals surface area contributed by atoms with E-state index >= 15 is 0 Å². The molecule has 0 saturated heterocycles. The number of fused-ring (bicyclic) bond motifs is 1. The van der Waals surface area contributed by atoms with E-state index < -0.39 is 0 Å². The average Bonchev–Trinajstić information content (AvgIpc) is 3.18. The van der Waals surface area contributed by atoms with Crippen LogP contribution in [-0.4, -0.2) is 9.55 Å². The minimum Gasteiger partial charge on any atom is -0.399 e. The Balaban J connectivity index is 2.00. The Hall–Kier alpha value is -1.33. The first-order chi connectivity index (χ1) is 10.1. The standard InChI is InChI=1S/C16H13Br2N3/c17-10-1-4-15-14(8-10)20-16(21(15)13-2-3-13)9-5-11(18)7-12(19)6-9/h1,4-8,13H,2-3,19H2. The van der Waals surface area contributed by atoms with Crippen molar-refractivity contribution in [2.24, 2.45) is 0 Å². The maximum Gasteiger partial charge on any atom is 0.141 e. The van der Waals surface area contributed by atoms with Gasteiger partial charge in [-0.05, 0) is 49.2 Å². The van der Waals surface area contributed by atoms with E-state index in [2.05, 4.69) is 60.7 Å². The molecule has 1 aliphatic rings. The zero-order valence-electron chi connectivity index (χ0n) is 11.2. The van der Waals surface area contributed by atoms with Gasteiger partial charge in [0.25, 0.3) is 0 Å². The van der Waals surface area contributed by atoms with E-state index in [-0.39, 0.29) is 0 Å². The van der Waals surface area contributed by atoms with E-state index in [1.807, 2.05) is 12.1 Å². The number of aromatic nitrogens is 2. The van der Waals surface area contributed by atoms with Gasteiger partial charge in [-0.25, -0.2) is 4.98 Å². The predicted octanol–water partition coefficient (Wildman–Crippen LogP) is 5.15. The van der Waals surface area contributed by atoms with E-state index in [0.717, 1.165) is 31.5 Å². The molecule has 0 bridgehead atoms. The van der Waals surface area contributed by atoms with Gasteiger partial charge in [-0.3, -0.25) is 0 Å². The molecule has 0 aliphatic heterocycles. The molecule has 1 aliphatic carbocycles. The number of imidazole rings is 1. The Labute approximate surface area is 139 Å². The van der Waals surface area contributed by atoms with Gasteiger partial charge in [-0.15, -0.1) is 0 Å². The molecule has 3 nitrogen and oxygen atoms in total. The van der Waals surface area contributed by atoms with E-state index in [1.54, 1.807) is 0 Å². The summed E-state index contributed by atoms with van der Waals surface area (Å²) in [6.45, 7) is 0. The molecular formula is C16H13Br2N3. The summed E-state index contributed by atoms with van der Waals surface area (Å²) >= 11 is 7.04. The first kappa shape index (κ1) is 13.3. The monoisotopic (exact) mass is 405 g/mol. The van der Waals surface area contributed by atoms with Crippen molar-refractivity contribution >= 4 is 48.6 Å². The lowest BCUT2D eigenvalue weighted by molar-refractivity contribution is 0.775. The number of nitrogens with zero attached hydrogens (tertiary/aromatic N) is 2. The number of nitrogen functional groups attached to an aromatic ring is 1. The summed E-state index contributed by atoms with van der Waals surface area (Å²) in [6.07, 6.45) is 2.44. The normalized spacial score (nSPS) is 14.8. The highest BCUT2D eigenvalue weighted by Crippen LogP contribution is 2.42. The molecule has 1 fully saturated rings. The fraction of sp³-hybridized carbons (Fsp3) is 0.188. The summed E-state index contributed by atoms with van der Waals surface area (Å²) in [4.78, 5) is 4.84. The molecule has 5 heteroatoms. The molecule has 0 unspecified atom stereocenters. The van der Waals surface area contributed by atoms with Crippen molar-refractivity contribution in [1.82, 2.24) is 9.55 Å². The Kier molecular flexibility index (Phi) is 3.08. The van der Waals surface area contributed by atoms with Gasteiger partial charge in [0.1, 0.15) is 5.82 Å². The fourth-order valence-corrected chi connectivity index (χ4v) is 3.58. The maximum absolute atomic E-state index is 5.98. The number of rotatable bonds is 2. The lowest BCUT2D eigenvalue weighted by atomic mass is 10.2. The summed E-state index contributed by atoms with van der Waals surface area (Å²) in [6, 6.07) is 12.8. The summed E-state index contributed by atoms with van der Waals surface area (Å²) in [5.74, 6) is 0.999. The molecule has 3 aromatic rings. The van der Waals surface area contributed by atoms with Crippen LogP contribution in [0, 0.1) is 0 Å². The quantitative estimate of drug-likeness (QED) is 0.598. The average molecular weight is 407 g/mol. The van der Waals surface area contributed by atoms with Crippen LogP contribution in [-0.2, 0) is 0 Å². The highest BCUT2D eigenvalue weighted by Gasteiger charge is 2.28.